The fourth-order valence-corrected chi connectivity index (χ4v) is 25.7. The molecular weight excluding hydrogens is 2130 g/mol. The summed E-state index contributed by atoms with van der Waals surface area (Å²) in [5, 5.41) is 3.07. The average Bonchev–Trinajstić information content (AvgIpc) is 1.68. The van der Waals surface area contributed by atoms with Gasteiger partial charge in [-0.15, -0.1) is 0 Å². The molecule has 7 saturated heterocycles. The maximum absolute atomic E-state index is 13.1. The first-order valence-electron chi connectivity index (χ1n) is 49.0. The highest BCUT2D eigenvalue weighted by Crippen LogP contribution is 2.49. The van der Waals surface area contributed by atoms with Crippen LogP contribution in [0.25, 0.3) is 17.7 Å². The number of rotatable bonds is 11. The van der Waals surface area contributed by atoms with Crippen molar-refractivity contribution in [3.05, 3.63) is 283 Å². The summed E-state index contributed by atoms with van der Waals surface area (Å²) < 4.78 is 6.97. The number of likely N-dealkylation sites (tertiary alicyclic amines) is 6. The van der Waals surface area contributed by atoms with Gasteiger partial charge in [0.2, 0.25) is 35.4 Å². The van der Waals surface area contributed by atoms with Gasteiger partial charge in [0.15, 0.2) is 12.4 Å². The lowest BCUT2D eigenvalue weighted by Crippen LogP contribution is -2.50. The molecule has 0 spiro atoms. The van der Waals surface area contributed by atoms with E-state index in [0.29, 0.717) is 74.3 Å². The zero-order chi connectivity index (χ0) is 95.8. The number of piperidine rings is 6. The third-order valence-corrected chi connectivity index (χ3v) is 34.6. The molecule has 0 bridgehead atoms. The second kappa shape index (κ2) is 46.2. The molecule has 3 unspecified atom stereocenters. The van der Waals surface area contributed by atoms with Crippen molar-refractivity contribution < 1.29 is 33.3 Å². The number of carbonyl (C=O) groups excluding carboxylic acids is 6. The maximum Gasteiger partial charge on any atom is 0.227 e. The van der Waals surface area contributed by atoms with Gasteiger partial charge in [0.1, 0.15) is 7.05 Å². The molecule has 137 heavy (non-hydrogen) atoms. The summed E-state index contributed by atoms with van der Waals surface area (Å²) >= 11 is 44.1. The Balaban J connectivity index is 0.000000127. The molecule has 3 atom stereocenters. The van der Waals surface area contributed by atoms with Crippen LogP contribution in [0.5, 0.6) is 0 Å². The number of nitrogens with zero attached hydrogens (tertiary/aromatic N) is 13. The number of aromatic nitrogens is 5. The van der Waals surface area contributed by atoms with Gasteiger partial charge in [-0.2, -0.15) is 0 Å². The van der Waals surface area contributed by atoms with Crippen LogP contribution >= 0.6 is 126 Å². The predicted octanol–water partition coefficient (Wildman–Crippen LogP) is 22.0. The molecule has 7 fully saturated rings. The predicted molar refractivity (Wildman–Crippen MR) is 562 cm³/mol. The molecule has 720 valence electrons. The standard InChI is InChI=1S/C28H33BrClN3O2.C28H31BrClN3O2.C27H30Br2ClN3O.C26H27BrClN4O/c2*1-18(34)32-10-6-19(7-11-32)14-26(35)33-12-8-20(9-13-33)27-25-5-4-24(30)16-21(25)2-3-22-15-23(29)17-31-28(22)27;1-32-10-6-17(7-11-32)14-24(34)33-12-8-18(9-13-33)25-21-4-5-23(30)26(29)22(21)3-2-19-15-20(28)16-31-27(19)25;1-30-9-7-18(8-10-30)15-23(33)31-11-13-32(14-12-31)26-24-19(3-2-4-22(24)28)5-6-20-16-21(27)17-29-25(20)26/h4-5,15-17,19-20,27H,2-3,6-14H2,1H3;2-5,15-17,19-20,27H,6-14H2,1H3;4-5,15-17H,2-3,6-14H2,1H3;2-4,7-10,16-17,26H,5-6,11-15H2,1H3/q;;;+1. The van der Waals surface area contributed by atoms with E-state index < -0.39 is 0 Å². The molecule has 0 N–H and O–H groups in total. The molecule has 9 aromatic rings. The van der Waals surface area contributed by atoms with Gasteiger partial charge in [0.05, 0.1) is 40.3 Å². The molecule has 20 rings (SSSR count). The van der Waals surface area contributed by atoms with Crippen molar-refractivity contribution in [1.82, 2.24) is 59.1 Å². The van der Waals surface area contributed by atoms with Crippen LogP contribution in [0.15, 0.2) is 168 Å². The molecular formula is C109H121Br5Cl4N13O6+. The van der Waals surface area contributed by atoms with Gasteiger partial charge >= 0.3 is 0 Å². The number of benzene rings is 4. The van der Waals surface area contributed by atoms with E-state index in [2.05, 4.69) is 178 Å². The first-order chi connectivity index (χ1) is 66.2. The summed E-state index contributed by atoms with van der Waals surface area (Å²) in [7, 11) is 4.15. The molecule has 11 aliphatic rings. The van der Waals surface area contributed by atoms with E-state index in [0.717, 1.165) is 283 Å². The van der Waals surface area contributed by atoms with Gasteiger partial charge in [-0.25, -0.2) is 4.57 Å². The highest BCUT2D eigenvalue weighted by Gasteiger charge is 2.41. The second-order valence-corrected chi connectivity index (χ2v) is 45.4. The molecule has 28 heteroatoms. The number of pyridine rings is 5. The van der Waals surface area contributed by atoms with Gasteiger partial charge < -0.3 is 34.3 Å². The van der Waals surface area contributed by atoms with E-state index in [1.54, 1.807) is 13.8 Å². The zero-order valence-electron chi connectivity index (χ0n) is 78.6. The normalized spacial score (nSPS) is 20.1. The van der Waals surface area contributed by atoms with Crippen LogP contribution in [0.3, 0.4) is 0 Å². The lowest BCUT2D eigenvalue weighted by molar-refractivity contribution is -0.671. The van der Waals surface area contributed by atoms with Gasteiger partial charge in [-0.1, -0.05) is 94.5 Å². The molecule has 4 aliphatic carbocycles. The summed E-state index contributed by atoms with van der Waals surface area (Å²) in [5.41, 5.74) is 23.2. The van der Waals surface area contributed by atoms with E-state index >= 15 is 0 Å². The number of fused-ring (bicyclic) bond motifs is 8. The first kappa shape index (κ1) is 101. The van der Waals surface area contributed by atoms with Gasteiger partial charge in [-0.05, 0) is 378 Å². The van der Waals surface area contributed by atoms with Gasteiger partial charge in [0, 0.05) is 216 Å². The van der Waals surface area contributed by atoms with Crippen LogP contribution in [0.1, 0.15) is 223 Å². The van der Waals surface area contributed by atoms with E-state index in [4.69, 9.17) is 66.3 Å². The fourth-order valence-electron chi connectivity index (χ4n) is 22.8. The Bertz CT molecular complexity index is 5830. The Labute approximate surface area is 868 Å². The first-order valence-corrected chi connectivity index (χ1v) is 54.5. The van der Waals surface area contributed by atoms with Crippen molar-refractivity contribution in [1.29, 1.82) is 0 Å². The molecule has 0 saturated carbocycles. The van der Waals surface area contributed by atoms with Crippen LogP contribution in [-0.4, -0.2) is 206 Å². The van der Waals surface area contributed by atoms with Crippen molar-refractivity contribution in [3.63, 3.8) is 0 Å². The number of piperazine rings is 1. The molecule has 4 aromatic carbocycles. The van der Waals surface area contributed by atoms with E-state index in [9.17, 15) is 28.8 Å². The van der Waals surface area contributed by atoms with E-state index in [-0.39, 0.29) is 47.4 Å². The Morgan fingerprint density at radius 3 is 1.46 bits per heavy atom. The number of hydrogen-bond acceptors (Lipinski definition) is 12. The Kier molecular flexibility index (Phi) is 34.0. The van der Waals surface area contributed by atoms with Crippen LogP contribution in [-0.2, 0) is 80.8 Å². The minimum Gasteiger partial charge on any atom is -0.343 e. The van der Waals surface area contributed by atoms with Crippen LogP contribution in [0.4, 0.5) is 0 Å². The quantitative estimate of drug-likeness (QED) is 0.112. The summed E-state index contributed by atoms with van der Waals surface area (Å²) in [6.07, 6.45) is 35.5. The summed E-state index contributed by atoms with van der Waals surface area (Å²) in [5.74, 6) is 3.92. The summed E-state index contributed by atoms with van der Waals surface area (Å²) in [6.45, 7) is 16.4. The molecule has 6 amide bonds. The molecule has 19 nitrogen and oxygen atoms in total. The Morgan fingerprint density at radius 1 is 0.409 bits per heavy atom. The maximum atomic E-state index is 13.1. The number of carbonyl (C=O) groups is 6. The smallest absolute Gasteiger partial charge is 0.227 e. The summed E-state index contributed by atoms with van der Waals surface area (Å²) in [6, 6.07) is 35.6. The minimum atomic E-state index is 0.00525. The fraction of sp³-hybridized carbons (Fsp3) is 0.459. The molecule has 12 heterocycles. The number of hydrogen-bond donors (Lipinski definition) is 0. The average molecular weight is 2250 g/mol. The van der Waals surface area contributed by atoms with Crippen LogP contribution < -0.4 is 4.57 Å². The van der Waals surface area contributed by atoms with Crippen LogP contribution in [0, 0.1) is 29.6 Å². The number of amides is 6. The third-order valence-electron chi connectivity index (χ3n) is 30.6. The Hall–Kier alpha value is -7.59. The van der Waals surface area contributed by atoms with Crippen molar-refractivity contribution >= 4 is 179 Å². The molecule has 0 radical (unpaired) electrons. The lowest BCUT2D eigenvalue weighted by Gasteiger charge is -2.40. The molecule has 7 aliphatic heterocycles. The van der Waals surface area contributed by atoms with Crippen molar-refractivity contribution in [2.75, 3.05) is 112 Å². The van der Waals surface area contributed by atoms with Crippen molar-refractivity contribution in [2.45, 2.75) is 173 Å². The number of aryl methyl sites for hydroxylation is 6. The minimum absolute atomic E-state index is 0.00525. The topological polar surface area (TPSA) is 184 Å². The Morgan fingerprint density at radius 2 is 0.876 bits per heavy atom. The van der Waals surface area contributed by atoms with Crippen molar-refractivity contribution in [3.8, 4) is 0 Å². The third kappa shape index (κ3) is 24.5. The highest BCUT2D eigenvalue weighted by molar-refractivity contribution is 9.11. The van der Waals surface area contributed by atoms with Gasteiger partial charge in [-0.3, -0.25) is 53.6 Å². The number of halogens is 9. The lowest BCUT2D eigenvalue weighted by atomic mass is 9.76. The monoisotopic (exact) mass is 2240 g/mol. The zero-order valence-corrected chi connectivity index (χ0v) is 89.5. The van der Waals surface area contributed by atoms with Gasteiger partial charge in [0.25, 0.3) is 0 Å². The van der Waals surface area contributed by atoms with E-state index in [1.165, 1.54) is 72.5 Å². The second-order valence-electron chi connectivity index (χ2n) is 39.2. The largest absolute Gasteiger partial charge is 0.343 e. The van der Waals surface area contributed by atoms with Crippen molar-refractivity contribution in [2.24, 2.45) is 36.6 Å². The SMILES string of the molecule is CC(=O)N1CCC(CC(=O)N2CCC(C3c4ccc(Cl)cc4C=Cc4cc(Br)cnc43)CC2)CC1.CC(=O)N1CCC(CC(=O)N2CCC(C3c4ccc(Cl)cc4CCc4cc(Br)cnc43)CC2)CC1.CN1CCC(CC(=O)N2CCC(=C3c4ccc(Cl)c(Br)c4CCc4cc(Br)cnc43)CC2)CC1.C[n+]1ccc(CC(=O)N2CCN(C3c4ncc(Br)cc4CCc4cccc(Cl)c43)CC2)cc1. The van der Waals surface area contributed by atoms with E-state index in [1.807, 2.05) is 112 Å². The van der Waals surface area contributed by atoms with Crippen LogP contribution in [0.2, 0.25) is 20.1 Å². The summed E-state index contributed by atoms with van der Waals surface area (Å²) in [4.78, 5) is 112. The highest BCUT2D eigenvalue weighted by atomic mass is 79.9. The molecule has 5 aromatic heterocycles.